The number of aryl methyl sites for hydroxylation is 1. The zero-order valence-electron chi connectivity index (χ0n) is 9.29. The number of thiophene rings is 1. The molecule has 0 spiro atoms. The second kappa shape index (κ2) is 4.08. The summed E-state index contributed by atoms with van der Waals surface area (Å²) in [6.45, 7) is 2.30. The fraction of sp³-hybridized carbons (Fsp3) is 0.538. The molecule has 1 fully saturated rings. The minimum absolute atomic E-state index is 0.907. The van der Waals surface area contributed by atoms with Crippen LogP contribution in [0.3, 0.4) is 0 Å². The number of rotatable bonds is 1. The van der Waals surface area contributed by atoms with Gasteiger partial charge in [0, 0.05) is 34.5 Å². The molecule has 84 valence electrons. The van der Waals surface area contributed by atoms with E-state index in [2.05, 4.69) is 16.2 Å². The van der Waals surface area contributed by atoms with Crippen LogP contribution in [0.1, 0.15) is 36.1 Å². The largest absolute Gasteiger partial charge is 0.370 e. The molecule has 0 bridgehead atoms. The number of carbonyl (C=O) groups excluding carboxylic acids is 1. The highest BCUT2D eigenvalue weighted by Gasteiger charge is 2.25. The zero-order valence-corrected chi connectivity index (χ0v) is 10.1. The van der Waals surface area contributed by atoms with Gasteiger partial charge in [-0.05, 0) is 32.1 Å². The van der Waals surface area contributed by atoms with E-state index in [1.165, 1.54) is 29.0 Å². The second-order valence-electron chi connectivity index (χ2n) is 4.55. The summed E-state index contributed by atoms with van der Waals surface area (Å²) in [7, 11) is 0. The van der Waals surface area contributed by atoms with Crippen molar-refractivity contribution in [1.82, 2.24) is 0 Å². The lowest BCUT2D eigenvalue weighted by molar-refractivity contribution is 0.568. The minimum atomic E-state index is 0.907. The van der Waals surface area contributed by atoms with Crippen LogP contribution >= 0.6 is 11.3 Å². The van der Waals surface area contributed by atoms with Crippen LogP contribution in [0, 0.1) is 0 Å². The molecule has 1 aromatic rings. The summed E-state index contributed by atoms with van der Waals surface area (Å²) in [5.74, 6) is 2.16. The van der Waals surface area contributed by atoms with E-state index in [0.29, 0.717) is 0 Å². The molecule has 3 heteroatoms. The Balaban J connectivity index is 2.06. The Labute approximate surface area is 99.6 Å². The molecule has 0 amide bonds. The van der Waals surface area contributed by atoms with Gasteiger partial charge < -0.3 is 4.90 Å². The molecule has 0 aromatic carbocycles. The molecule has 2 heterocycles. The fourth-order valence-electron chi connectivity index (χ4n) is 2.74. The van der Waals surface area contributed by atoms with E-state index in [-0.39, 0.29) is 0 Å². The van der Waals surface area contributed by atoms with Crippen LogP contribution in [0.2, 0.25) is 0 Å². The molecular weight excluding hydrogens is 218 g/mol. The average Bonchev–Trinajstić information content (AvgIpc) is 2.96. The Morgan fingerprint density at radius 2 is 2.00 bits per heavy atom. The van der Waals surface area contributed by atoms with Gasteiger partial charge in [-0.25, -0.2) is 4.79 Å². The zero-order chi connectivity index (χ0) is 11.0. The van der Waals surface area contributed by atoms with E-state index >= 15 is 0 Å². The molecule has 0 saturated carbocycles. The average molecular weight is 233 g/mol. The molecule has 0 N–H and O–H groups in total. The normalized spacial score (nSPS) is 19.8. The lowest BCUT2D eigenvalue weighted by Crippen LogP contribution is -2.19. The van der Waals surface area contributed by atoms with Gasteiger partial charge in [0.25, 0.3) is 0 Å². The number of fused-ring (bicyclic) bond motifs is 1. The quantitative estimate of drug-likeness (QED) is 0.695. The molecule has 16 heavy (non-hydrogen) atoms. The van der Waals surface area contributed by atoms with Crippen LogP contribution in [0.15, 0.2) is 5.38 Å². The maximum Gasteiger partial charge on any atom is 0.128 e. The molecule has 2 nitrogen and oxygen atoms in total. The Bertz CT molecular complexity index is 450. The van der Waals surface area contributed by atoms with Crippen LogP contribution in [-0.4, -0.2) is 19.0 Å². The highest BCUT2D eigenvalue weighted by atomic mass is 32.1. The highest BCUT2D eigenvalue weighted by molar-refractivity contribution is 7.10. The maximum absolute atomic E-state index is 11.0. The number of hydrogen-bond acceptors (Lipinski definition) is 3. The lowest BCUT2D eigenvalue weighted by Gasteiger charge is -2.21. The molecular formula is C13H15NOS. The molecule has 1 aromatic heterocycles. The van der Waals surface area contributed by atoms with Crippen molar-refractivity contribution < 1.29 is 4.79 Å². The van der Waals surface area contributed by atoms with Crippen LogP contribution in [0.4, 0.5) is 5.69 Å². The van der Waals surface area contributed by atoms with Crippen molar-refractivity contribution in [2.24, 2.45) is 0 Å². The minimum Gasteiger partial charge on any atom is -0.370 e. The first-order chi connectivity index (χ1) is 7.90. The van der Waals surface area contributed by atoms with E-state index in [9.17, 15) is 4.79 Å². The summed E-state index contributed by atoms with van der Waals surface area (Å²) in [6.07, 6.45) is 5.72. The van der Waals surface area contributed by atoms with Gasteiger partial charge >= 0.3 is 0 Å². The Morgan fingerprint density at radius 3 is 2.75 bits per heavy atom. The smallest absolute Gasteiger partial charge is 0.128 e. The number of nitrogens with zero attached hydrogens (tertiary/aromatic N) is 1. The standard InChI is InChI=1S/C13H15NOS/c15-8-10-4-3-5-12-13(10)11(9-16-12)14-6-1-2-7-14/h9H,1-7H2. The first kappa shape index (κ1) is 10.1. The number of hydrogen-bond donors (Lipinski definition) is 0. The van der Waals surface area contributed by atoms with E-state index < -0.39 is 0 Å². The van der Waals surface area contributed by atoms with E-state index in [4.69, 9.17) is 0 Å². The van der Waals surface area contributed by atoms with E-state index in [1.807, 2.05) is 11.3 Å². The van der Waals surface area contributed by atoms with Crippen LogP contribution in [0.5, 0.6) is 0 Å². The summed E-state index contributed by atoms with van der Waals surface area (Å²) in [5, 5.41) is 2.23. The van der Waals surface area contributed by atoms with Gasteiger partial charge in [0.2, 0.25) is 0 Å². The fourth-order valence-corrected chi connectivity index (χ4v) is 3.87. The molecule has 0 radical (unpaired) electrons. The number of anilines is 1. The third-order valence-electron chi connectivity index (χ3n) is 3.55. The van der Waals surface area contributed by atoms with Crippen molar-refractivity contribution in [2.45, 2.75) is 32.1 Å². The van der Waals surface area contributed by atoms with Crippen LogP contribution < -0.4 is 4.90 Å². The first-order valence-electron chi connectivity index (χ1n) is 6.00. The lowest BCUT2D eigenvalue weighted by atomic mass is 9.93. The molecule has 3 rings (SSSR count). The summed E-state index contributed by atoms with van der Waals surface area (Å²) in [6, 6.07) is 0. The Morgan fingerprint density at radius 1 is 1.19 bits per heavy atom. The van der Waals surface area contributed by atoms with Gasteiger partial charge in [0.1, 0.15) is 5.94 Å². The predicted octanol–water partition coefficient (Wildman–Crippen LogP) is 2.90. The van der Waals surface area contributed by atoms with Gasteiger partial charge in [-0.15, -0.1) is 11.3 Å². The van der Waals surface area contributed by atoms with Gasteiger partial charge in [-0.2, -0.15) is 0 Å². The summed E-state index contributed by atoms with van der Waals surface area (Å²) in [4.78, 5) is 14.8. The first-order valence-corrected chi connectivity index (χ1v) is 6.88. The van der Waals surface area contributed by atoms with Crippen LogP contribution in [0.25, 0.3) is 5.57 Å². The van der Waals surface area contributed by atoms with Crippen molar-refractivity contribution in [3.05, 3.63) is 15.8 Å². The molecule has 1 saturated heterocycles. The Kier molecular flexibility index (Phi) is 2.58. The Hall–Kier alpha value is -1.05. The summed E-state index contributed by atoms with van der Waals surface area (Å²) < 4.78 is 0. The van der Waals surface area contributed by atoms with Gasteiger partial charge in [-0.1, -0.05) is 0 Å². The summed E-state index contributed by atoms with van der Waals surface area (Å²) >= 11 is 1.82. The monoisotopic (exact) mass is 233 g/mol. The third kappa shape index (κ3) is 1.51. The predicted molar refractivity (Wildman–Crippen MR) is 67.8 cm³/mol. The van der Waals surface area contributed by atoms with E-state index in [0.717, 1.165) is 37.9 Å². The van der Waals surface area contributed by atoms with Crippen molar-refractivity contribution in [1.29, 1.82) is 0 Å². The van der Waals surface area contributed by atoms with Crippen molar-refractivity contribution in [3.63, 3.8) is 0 Å². The third-order valence-corrected chi connectivity index (χ3v) is 4.58. The second-order valence-corrected chi connectivity index (χ2v) is 5.51. The van der Waals surface area contributed by atoms with Crippen molar-refractivity contribution in [2.75, 3.05) is 18.0 Å². The van der Waals surface area contributed by atoms with Gasteiger partial charge in [0.15, 0.2) is 0 Å². The maximum atomic E-state index is 11.0. The van der Waals surface area contributed by atoms with Gasteiger partial charge in [0.05, 0.1) is 5.69 Å². The van der Waals surface area contributed by atoms with Gasteiger partial charge in [-0.3, -0.25) is 0 Å². The molecule has 1 aliphatic heterocycles. The van der Waals surface area contributed by atoms with Crippen molar-refractivity contribution >= 4 is 28.5 Å². The van der Waals surface area contributed by atoms with E-state index in [1.54, 1.807) is 0 Å². The molecule has 0 unspecified atom stereocenters. The summed E-state index contributed by atoms with van der Waals surface area (Å²) in [5.41, 5.74) is 3.44. The van der Waals surface area contributed by atoms with Crippen LogP contribution in [-0.2, 0) is 11.2 Å². The molecule has 2 aliphatic rings. The number of allylic oxidation sites excluding steroid dienone is 1. The highest BCUT2D eigenvalue weighted by Crippen LogP contribution is 2.41. The topological polar surface area (TPSA) is 20.3 Å². The molecule has 0 atom stereocenters. The molecule has 1 aliphatic carbocycles. The SMILES string of the molecule is O=C=C1CCCc2scc(N3CCCC3)c21. The van der Waals surface area contributed by atoms with Crippen molar-refractivity contribution in [3.8, 4) is 0 Å².